The van der Waals surface area contributed by atoms with Crippen LogP contribution in [0, 0.1) is 5.41 Å². The van der Waals surface area contributed by atoms with Crippen molar-refractivity contribution in [3.8, 4) is 5.75 Å². The van der Waals surface area contributed by atoms with Gasteiger partial charge in [0.15, 0.2) is 0 Å². The Balaban J connectivity index is 1.72. The third kappa shape index (κ3) is 1.90. The number of phenols is 1. The summed E-state index contributed by atoms with van der Waals surface area (Å²) in [5, 5.41) is 9.73. The number of aromatic hydroxyl groups is 1. The van der Waals surface area contributed by atoms with Crippen molar-refractivity contribution < 1.29 is 9.90 Å². The molecule has 2 saturated carbocycles. The molecule has 1 spiro atoms. The zero-order valence-corrected chi connectivity index (χ0v) is 11.8. The Morgan fingerprint density at radius 1 is 1.10 bits per heavy atom. The molecule has 0 heterocycles. The van der Waals surface area contributed by atoms with E-state index in [0.29, 0.717) is 29.4 Å². The van der Waals surface area contributed by atoms with Crippen molar-refractivity contribution in [1.82, 2.24) is 0 Å². The lowest BCUT2D eigenvalue weighted by atomic mass is 9.98. The van der Waals surface area contributed by atoms with Gasteiger partial charge in [0.25, 0.3) is 0 Å². The normalized spacial score (nSPS) is 24.8. The van der Waals surface area contributed by atoms with Gasteiger partial charge in [-0.05, 0) is 58.9 Å². The van der Waals surface area contributed by atoms with Crippen molar-refractivity contribution in [2.75, 3.05) is 0 Å². The molecule has 0 radical (unpaired) electrons. The summed E-state index contributed by atoms with van der Waals surface area (Å²) in [7, 11) is 0. The van der Waals surface area contributed by atoms with E-state index < -0.39 is 0 Å². The number of rotatable bonds is 4. The van der Waals surface area contributed by atoms with Crippen LogP contribution in [0.25, 0.3) is 0 Å². The number of hydrogen-bond acceptors (Lipinski definition) is 2. The molecular formula is C19H18O2. The quantitative estimate of drug-likeness (QED) is 0.864. The Morgan fingerprint density at radius 2 is 1.90 bits per heavy atom. The Kier molecular flexibility index (Phi) is 2.68. The Bertz CT molecular complexity index is 700. The highest BCUT2D eigenvalue weighted by molar-refractivity contribution is 5.59. The van der Waals surface area contributed by atoms with Gasteiger partial charge in [-0.15, -0.1) is 0 Å². The van der Waals surface area contributed by atoms with E-state index in [1.54, 1.807) is 6.07 Å². The molecule has 2 aliphatic carbocycles. The molecule has 0 aliphatic heterocycles. The highest BCUT2D eigenvalue weighted by Gasteiger charge is 2.72. The molecule has 0 aromatic heterocycles. The molecule has 2 aliphatic rings. The lowest BCUT2D eigenvalue weighted by Gasteiger charge is -2.07. The summed E-state index contributed by atoms with van der Waals surface area (Å²) in [5.74, 6) is 1.35. The number of phenolic OH excluding ortho intramolecular Hbond substituents is 1. The average molecular weight is 278 g/mol. The Labute approximate surface area is 124 Å². The van der Waals surface area contributed by atoms with Gasteiger partial charge in [0.05, 0.1) is 0 Å². The molecule has 2 unspecified atom stereocenters. The first-order valence-corrected chi connectivity index (χ1v) is 7.56. The van der Waals surface area contributed by atoms with E-state index >= 15 is 0 Å². The van der Waals surface area contributed by atoms with E-state index in [-0.39, 0.29) is 0 Å². The lowest BCUT2D eigenvalue weighted by Crippen LogP contribution is -1.95. The van der Waals surface area contributed by atoms with E-state index in [1.165, 1.54) is 24.0 Å². The number of carbonyl (C=O) groups is 1. The molecule has 2 atom stereocenters. The van der Waals surface area contributed by atoms with Crippen LogP contribution in [-0.2, 0) is 11.2 Å². The predicted molar refractivity (Wildman–Crippen MR) is 81.5 cm³/mol. The second-order valence-electron chi connectivity index (χ2n) is 6.35. The second-order valence-corrected chi connectivity index (χ2v) is 6.35. The SMILES string of the molecule is O=CCc1ccccc1C1C(c2cccc(O)c2)C12CC2. The Hall–Kier alpha value is -2.09. The minimum absolute atomic E-state index is 0.343. The standard InChI is InChI=1S/C19H18O2/c20-11-8-13-4-1-2-7-16(13)18-17(19(18)9-10-19)14-5-3-6-15(21)12-14/h1-7,11-12,17-18,21H,8-10H2. The highest BCUT2D eigenvalue weighted by Crippen LogP contribution is 2.83. The summed E-state index contributed by atoms with van der Waals surface area (Å²) in [4.78, 5) is 10.9. The lowest BCUT2D eigenvalue weighted by molar-refractivity contribution is -0.107. The maximum absolute atomic E-state index is 10.9. The van der Waals surface area contributed by atoms with E-state index in [1.807, 2.05) is 18.2 Å². The third-order valence-corrected chi connectivity index (χ3v) is 5.21. The van der Waals surface area contributed by atoms with Crippen molar-refractivity contribution in [2.24, 2.45) is 5.41 Å². The first kappa shape index (κ1) is 12.6. The molecule has 0 amide bonds. The summed E-state index contributed by atoms with van der Waals surface area (Å²) in [6.45, 7) is 0. The molecule has 4 rings (SSSR count). The summed E-state index contributed by atoms with van der Waals surface area (Å²) < 4.78 is 0. The summed E-state index contributed by atoms with van der Waals surface area (Å²) in [6, 6.07) is 16.0. The highest BCUT2D eigenvalue weighted by atomic mass is 16.3. The predicted octanol–water partition coefficient (Wildman–Crippen LogP) is 3.79. The van der Waals surface area contributed by atoms with Crippen LogP contribution in [0.15, 0.2) is 48.5 Å². The molecule has 2 aromatic rings. The largest absolute Gasteiger partial charge is 0.508 e. The number of aldehydes is 1. The van der Waals surface area contributed by atoms with E-state index in [0.717, 1.165) is 11.8 Å². The van der Waals surface area contributed by atoms with Gasteiger partial charge in [-0.25, -0.2) is 0 Å². The van der Waals surface area contributed by atoms with Crippen molar-refractivity contribution in [2.45, 2.75) is 31.1 Å². The summed E-state index contributed by atoms with van der Waals surface area (Å²) in [5.41, 5.74) is 4.12. The maximum Gasteiger partial charge on any atom is 0.124 e. The fourth-order valence-electron chi connectivity index (χ4n) is 4.10. The van der Waals surface area contributed by atoms with Crippen LogP contribution in [0.5, 0.6) is 5.75 Å². The van der Waals surface area contributed by atoms with E-state index in [4.69, 9.17) is 0 Å². The van der Waals surface area contributed by atoms with Crippen LogP contribution in [0.4, 0.5) is 0 Å². The van der Waals surface area contributed by atoms with E-state index in [2.05, 4.69) is 24.3 Å². The van der Waals surface area contributed by atoms with Crippen molar-refractivity contribution >= 4 is 6.29 Å². The first-order chi connectivity index (χ1) is 10.3. The fraction of sp³-hybridized carbons (Fsp3) is 0.316. The van der Waals surface area contributed by atoms with Gasteiger partial charge in [0.1, 0.15) is 12.0 Å². The molecule has 2 aromatic carbocycles. The van der Waals surface area contributed by atoms with Crippen LogP contribution < -0.4 is 0 Å². The molecule has 2 heteroatoms. The molecule has 106 valence electrons. The smallest absolute Gasteiger partial charge is 0.124 e. The van der Waals surface area contributed by atoms with Gasteiger partial charge in [0, 0.05) is 6.42 Å². The molecule has 2 fully saturated rings. The van der Waals surface area contributed by atoms with Gasteiger partial charge in [-0.1, -0.05) is 36.4 Å². The van der Waals surface area contributed by atoms with Crippen LogP contribution >= 0.6 is 0 Å². The monoisotopic (exact) mass is 278 g/mol. The zero-order valence-electron chi connectivity index (χ0n) is 11.8. The van der Waals surface area contributed by atoms with Gasteiger partial charge < -0.3 is 9.90 Å². The minimum Gasteiger partial charge on any atom is -0.508 e. The summed E-state index contributed by atoms with van der Waals surface area (Å²) in [6.07, 6.45) is 4.00. The molecule has 0 bridgehead atoms. The number of benzene rings is 2. The van der Waals surface area contributed by atoms with Crippen LogP contribution in [0.3, 0.4) is 0 Å². The molecule has 21 heavy (non-hydrogen) atoms. The van der Waals surface area contributed by atoms with Gasteiger partial charge in [-0.3, -0.25) is 0 Å². The molecule has 2 nitrogen and oxygen atoms in total. The first-order valence-electron chi connectivity index (χ1n) is 7.56. The Morgan fingerprint density at radius 3 is 2.62 bits per heavy atom. The molecular weight excluding hydrogens is 260 g/mol. The van der Waals surface area contributed by atoms with Crippen LogP contribution in [-0.4, -0.2) is 11.4 Å². The van der Waals surface area contributed by atoms with Gasteiger partial charge in [0.2, 0.25) is 0 Å². The summed E-state index contributed by atoms with van der Waals surface area (Å²) >= 11 is 0. The van der Waals surface area contributed by atoms with E-state index in [9.17, 15) is 9.90 Å². The van der Waals surface area contributed by atoms with Crippen LogP contribution in [0.1, 0.15) is 41.4 Å². The topological polar surface area (TPSA) is 37.3 Å². The van der Waals surface area contributed by atoms with Gasteiger partial charge in [-0.2, -0.15) is 0 Å². The van der Waals surface area contributed by atoms with Gasteiger partial charge >= 0.3 is 0 Å². The minimum atomic E-state index is 0.343. The third-order valence-electron chi connectivity index (χ3n) is 5.21. The molecule has 0 saturated heterocycles. The van der Waals surface area contributed by atoms with Crippen molar-refractivity contribution in [3.05, 3.63) is 65.2 Å². The van der Waals surface area contributed by atoms with Crippen molar-refractivity contribution in [3.63, 3.8) is 0 Å². The van der Waals surface area contributed by atoms with Crippen LogP contribution in [0.2, 0.25) is 0 Å². The fourth-order valence-corrected chi connectivity index (χ4v) is 4.10. The molecule has 1 N–H and O–H groups in total. The van der Waals surface area contributed by atoms with Crippen molar-refractivity contribution in [1.29, 1.82) is 0 Å². The second kappa shape index (κ2) is 4.45. The number of carbonyl (C=O) groups excluding carboxylic acids is 1. The maximum atomic E-state index is 10.9. The number of hydrogen-bond donors (Lipinski definition) is 1. The average Bonchev–Trinajstić information content (AvgIpc) is 3.39. The zero-order chi connectivity index (χ0) is 14.4.